The Morgan fingerprint density at radius 3 is 2.23 bits per heavy atom. The van der Waals surface area contributed by atoms with Crippen LogP contribution in [0.25, 0.3) is 0 Å². The van der Waals surface area contributed by atoms with Gasteiger partial charge in [0.15, 0.2) is 0 Å². The zero-order chi connectivity index (χ0) is 9.84. The summed E-state index contributed by atoms with van der Waals surface area (Å²) in [5.41, 5.74) is 0.814. The molecule has 0 bridgehead atoms. The highest BCUT2D eigenvalue weighted by atomic mass is 35.5. The van der Waals surface area contributed by atoms with Gasteiger partial charge >= 0.3 is 6.41 Å². The van der Waals surface area contributed by atoms with Gasteiger partial charge in [0.25, 0.3) is 0 Å². The summed E-state index contributed by atoms with van der Waals surface area (Å²) in [7, 11) is 0. The van der Waals surface area contributed by atoms with Crippen LogP contribution < -0.4 is 4.90 Å². The largest absolute Gasteiger partial charge is 0.317 e. The second-order valence-corrected chi connectivity index (χ2v) is 3.47. The Morgan fingerprint density at radius 2 is 1.85 bits per heavy atom. The topological polar surface area (TPSA) is 20.3 Å². The molecule has 69 valence electrons. The molecule has 13 heavy (non-hydrogen) atoms. The highest BCUT2D eigenvalue weighted by Gasteiger charge is 2.09. The summed E-state index contributed by atoms with van der Waals surface area (Å²) >= 11 is 5.72. The molecule has 0 aliphatic carbocycles. The van der Waals surface area contributed by atoms with Crippen LogP contribution in [0.4, 0.5) is 5.69 Å². The Labute approximate surface area is 83.1 Å². The standard InChI is InChI=1S/C10H11ClNO/c1-8(2)12(7-13)10-5-3-9(11)4-6-10/h3-6,8H,1-2H3. The zero-order valence-electron chi connectivity index (χ0n) is 7.62. The van der Waals surface area contributed by atoms with Gasteiger partial charge in [-0.05, 0) is 38.1 Å². The van der Waals surface area contributed by atoms with Gasteiger partial charge in [-0.3, -0.25) is 4.79 Å². The molecule has 2 nitrogen and oxygen atoms in total. The van der Waals surface area contributed by atoms with E-state index in [2.05, 4.69) is 0 Å². The van der Waals surface area contributed by atoms with E-state index in [1.54, 1.807) is 24.3 Å². The number of hydrogen-bond acceptors (Lipinski definition) is 1. The molecule has 0 spiro atoms. The van der Waals surface area contributed by atoms with Crippen molar-refractivity contribution in [3.63, 3.8) is 0 Å². The third-order valence-electron chi connectivity index (χ3n) is 1.72. The lowest BCUT2D eigenvalue weighted by molar-refractivity contribution is 0.545. The Bertz CT molecular complexity index is 281. The second kappa shape index (κ2) is 4.28. The maximum absolute atomic E-state index is 10.6. The van der Waals surface area contributed by atoms with Crippen LogP contribution in [0, 0.1) is 0 Å². The van der Waals surface area contributed by atoms with Gasteiger partial charge in [-0.15, -0.1) is 0 Å². The van der Waals surface area contributed by atoms with Crippen molar-refractivity contribution < 1.29 is 4.79 Å². The van der Waals surface area contributed by atoms with E-state index >= 15 is 0 Å². The molecule has 0 unspecified atom stereocenters. The molecule has 0 N–H and O–H groups in total. The molecule has 1 aromatic carbocycles. The molecule has 1 aromatic rings. The molecule has 0 aromatic heterocycles. The first-order valence-electron chi connectivity index (χ1n) is 4.07. The molecule has 1 rings (SSSR count). The monoisotopic (exact) mass is 196 g/mol. The second-order valence-electron chi connectivity index (χ2n) is 3.03. The number of halogens is 1. The summed E-state index contributed by atoms with van der Waals surface area (Å²) in [6, 6.07) is 7.21. The SMILES string of the molecule is CC(C)N([C]=O)c1ccc(Cl)cc1. The van der Waals surface area contributed by atoms with E-state index in [0.717, 1.165) is 5.69 Å². The molecule has 0 heterocycles. The minimum atomic E-state index is 0.110. The fourth-order valence-electron chi connectivity index (χ4n) is 1.06. The summed E-state index contributed by atoms with van der Waals surface area (Å²) < 4.78 is 0. The molecule has 1 radical (unpaired) electrons. The third kappa shape index (κ3) is 2.46. The van der Waals surface area contributed by atoms with E-state index in [1.807, 2.05) is 20.3 Å². The van der Waals surface area contributed by atoms with Gasteiger partial charge in [-0.1, -0.05) is 11.6 Å². The van der Waals surface area contributed by atoms with E-state index in [-0.39, 0.29) is 6.04 Å². The first kappa shape index (κ1) is 10.1. The first-order valence-corrected chi connectivity index (χ1v) is 4.45. The predicted molar refractivity (Wildman–Crippen MR) is 54.8 cm³/mol. The number of nitrogens with zero attached hydrogens (tertiary/aromatic N) is 1. The number of benzene rings is 1. The fraction of sp³-hybridized carbons (Fsp3) is 0.300. The molecule has 0 saturated carbocycles. The minimum Gasteiger partial charge on any atom is -0.302 e. The van der Waals surface area contributed by atoms with Gasteiger partial charge in [-0.25, -0.2) is 0 Å². The number of carbonyl (C=O) groups excluding carboxylic acids is 1. The van der Waals surface area contributed by atoms with Gasteiger partial charge in [0.05, 0.1) is 0 Å². The van der Waals surface area contributed by atoms with Gasteiger partial charge in [0.1, 0.15) is 0 Å². The van der Waals surface area contributed by atoms with Gasteiger partial charge in [0, 0.05) is 16.8 Å². The van der Waals surface area contributed by atoms with Crippen molar-refractivity contribution in [1.82, 2.24) is 0 Å². The van der Waals surface area contributed by atoms with Gasteiger partial charge in [0.2, 0.25) is 0 Å². The normalized spacial score (nSPS) is 10.2. The molecule has 0 atom stereocenters. The van der Waals surface area contributed by atoms with E-state index in [9.17, 15) is 4.79 Å². The first-order chi connectivity index (χ1) is 6.15. The van der Waals surface area contributed by atoms with Crippen molar-refractivity contribution in [2.24, 2.45) is 0 Å². The average molecular weight is 197 g/mol. The lowest BCUT2D eigenvalue weighted by Crippen LogP contribution is -2.28. The average Bonchev–Trinajstić information content (AvgIpc) is 2.09. The number of hydrogen-bond donors (Lipinski definition) is 0. The zero-order valence-corrected chi connectivity index (χ0v) is 8.38. The van der Waals surface area contributed by atoms with Gasteiger partial charge < -0.3 is 4.90 Å². The van der Waals surface area contributed by atoms with Crippen LogP contribution in [-0.2, 0) is 4.79 Å². The molecule has 3 heteroatoms. The van der Waals surface area contributed by atoms with Crippen molar-refractivity contribution in [2.45, 2.75) is 19.9 Å². The molecule has 0 aliphatic heterocycles. The third-order valence-corrected chi connectivity index (χ3v) is 1.97. The van der Waals surface area contributed by atoms with Crippen LogP contribution in [0.5, 0.6) is 0 Å². The van der Waals surface area contributed by atoms with Crippen LogP contribution in [-0.4, -0.2) is 12.5 Å². The van der Waals surface area contributed by atoms with Crippen molar-refractivity contribution >= 4 is 23.7 Å². The smallest absolute Gasteiger partial charge is 0.302 e. The van der Waals surface area contributed by atoms with Crippen molar-refractivity contribution in [2.75, 3.05) is 4.90 Å². The van der Waals surface area contributed by atoms with Crippen LogP contribution >= 0.6 is 11.6 Å². The number of amides is 1. The maximum Gasteiger partial charge on any atom is 0.317 e. The molecular formula is C10H11ClNO. The lowest BCUT2D eigenvalue weighted by atomic mass is 10.2. The van der Waals surface area contributed by atoms with Crippen LogP contribution in [0.2, 0.25) is 5.02 Å². The molecule has 1 amide bonds. The summed E-state index contributed by atoms with van der Waals surface area (Å²) in [6.45, 7) is 3.86. The molecule has 0 fully saturated rings. The van der Waals surface area contributed by atoms with Crippen LogP contribution in [0.3, 0.4) is 0 Å². The van der Waals surface area contributed by atoms with E-state index in [4.69, 9.17) is 11.6 Å². The maximum atomic E-state index is 10.6. The minimum absolute atomic E-state index is 0.110. The van der Waals surface area contributed by atoms with E-state index in [0.29, 0.717) is 5.02 Å². The summed E-state index contributed by atoms with van der Waals surface area (Å²) in [5.74, 6) is 0. The summed E-state index contributed by atoms with van der Waals surface area (Å²) in [4.78, 5) is 12.1. The lowest BCUT2D eigenvalue weighted by Gasteiger charge is -2.20. The Morgan fingerprint density at radius 1 is 1.31 bits per heavy atom. The van der Waals surface area contributed by atoms with Crippen molar-refractivity contribution in [1.29, 1.82) is 0 Å². The van der Waals surface area contributed by atoms with E-state index in [1.165, 1.54) is 4.90 Å². The Balaban J connectivity index is 2.92. The summed E-state index contributed by atoms with van der Waals surface area (Å²) in [6.07, 6.45) is 1.88. The Kier molecular flexibility index (Phi) is 3.32. The van der Waals surface area contributed by atoms with Gasteiger partial charge in [-0.2, -0.15) is 0 Å². The molecule has 0 saturated heterocycles. The van der Waals surface area contributed by atoms with Crippen molar-refractivity contribution in [3.8, 4) is 0 Å². The predicted octanol–water partition coefficient (Wildman–Crippen LogP) is 2.62. The summed E-state index contributed by atoms with van der Waals surface area (Å²) in [5, 5.41) is 0.665. The number of rotatable bonds is 3. The van der Waals surface area contributed by atoms with E-state index < -0.39 is 0 Å². The molecule has 0 aliphatic rings. The van der Waals surface area contributed by atoms with Crippen LogP contribution in [0.15, 0.2) is 24.3 Å². The Hall–Kier alpha value is -1.02. The highest BCUT2D eigenvalue weighted by Crippen LogP contribution is 2.18. The molecular weight excluding hydrogens is 186 g/mol. The van der Waals surface area contributed by atoms with Crippen LogP contribution in [0.1, 0.15) is 13.8 Å². The fourth-order valence-corrected chi connectivity index (χ4v) is 1.18. The highest BCUT2D eigenvalue weighted by molar-refractivity contribution is 6.30. The quantitative estimate of drug-likeness (QED) is 0.681. The van der Waals surface area contributed by atoms with Crippen molar-refractivity contribution in [3.05, 3.63) is 29.3 Å². The number of anilines is 1.